The van der Waals surface area contributed by atoms with E-state index in [1.165, 1.54) is 0 Å². The molecule has 1 rings (SSSR count). The summed E-state index contributed by atoms with van der Waals surface area (Å²) in [5, 5.41) is 8.67. The summed E-state index contributed by atoms with van der Waals surface area (Å²) in [7, 11) is 0. The maximum absolute atomic E-state index is 8.67. The fourth-order valence-corrected chi connectivity index (χ4v) is 1.33. The lowest BCUT2D eigenvalue weighted by atomic mass is 9.87. The minimum absolute atomic E-state index is 0.113. The molecule has 2 nitrogen and oxygen atoms in total. The first kappa shape index (κ1) is 6.57. The molecule has 1 aliphatic carbocycles. The molecule has 0 aromatic heterocycles. The van der Waals surface area contributed by atoms with E-state index < -0.39 is 0 Å². The quantitative estimate of drug-likeness (QED) is 0.524. The van der Waals surface area contributed by atoms with E-state index in [1.807, 2.05) is 6.92 Å². The van der Waals surface area contributed by atoms with E-state index in [1.54, 1.807) is 0 Å². The van der Waals surface area contributed by atoms with Crippen molar-refractivity contribution in [1.82, 2.24) is 0 Å². The zero-order valence-electron chi connectivity index (χ0n) is 5.72. The van der Waals surface area contributed by atoms with Crippen LogP contribution in [0.2, 0.25) is 0 Å². The fraction of sp³-hybridized carbons (Fsp3) is 0.857. The van der Waals surface area contributed by atoms with Crippen molar-refractivity contribution in [2.45, 2.75) is 32.2 Å². The highest BCUT2D eigenvalue weighted by molar-refractivity contribution is 5.05. The zero-order valence-corrected chi connectivity index (χ0v) is 5.72. The van der Waals surface area contributed by atoms with Gasteiger partial charge in [-0.3, -0.25) is 0 Å². The predicted molar refractivity (Wildman–Crippen MR) is 35.5 cm³/mol. The summed E-state index contributed by atoms with van der Waals surface area (Å²) in [5.41, 5.74) is 5.48. The van der Waals surface area contributed by atoms with Crippen molar-refractivity contribution in [3.63, 3.8) is 0 Å². The molecule has 1 saturated carbocycles. The average Bonchev–Trinajstić information content (AvgIpc) is 2.15. The molecule has 2 N–H and O–H groups in total. The van der Waals surface area contributed by atoms with Crippen LogP contribution in [0.3, 0.4) is 0 Å². The van der Waals surface area contributed by atoms with Crippen molar-refractivity contribution < 1.29 is 0 Å². The van der Waals surface area contributed by atoms with Crippen LogP contribution >= 0.6 is 0 Å². The third-order valence-corrected chi connectivity index (χ3v) is 2.29. The Labute approximate surface area is 55.7 Å². The maximum atomic E-state index is 8.67. The fourth-order valence-electron chi connectivity index (χ4n) is 1.33. The Morgan fingerprint density at radius 1 is 1.78 bits per heavy atom. The summed E-state index contributed by atoms with van der Waals surface area (Å²) >= 11 is 0. The summed E-state index contributed by atoms with van der Waals surface area (Å²) in [6.07, 6.45) is 3.11. The van der Waals surface area contributed by atoms with Crippen molar-refractivity contribution >= 4 is 0 Å². The summed E-state index contributed by atoms with van der Waals surface area (Å²) in [4.78, 5) is 0. The Kier molecular flexibility index (Phi) is 1.46. The molecule has 0 saturated heterocycles. The van der Waals surface area contributed by atoms with Gasteiger partial charge in [0.25, 0.3) is 0 Å². The molecular weight excluding hydrogens is 112 g/mol. The van der Waals surface area contributed by atoms with E-state index in [9.17, 15) is 0 Å². The predicted octanol–water partition coefficient (Wildman–Crippen LogP) is 1.03. The average molecular weight is 124 g/mol. The molecule has 50 valence electrons. The van der Waals surface area contributed by atoms with Crippen LogP contribution in [-0.4, -0.2) is 6.04 Å². The van der Waals surface area contributed by atoms with Gasteiger partial charge in [0, 0.05) is 6.04 Å². The van der Waals surface area contributed by atoms with Gasteiger partial charge >= 0.3 is 0 Å². The summed E-state index contributed by atoms with van der Waals surface area (Å²) < 4.78 is 0. The van der Waals surface area contributed by atoms with Crippen LogP contribution in [0, 0.1) is 16.7 Å². The van der Waals surface area contributed by atoms with Gasteiger partial charge in [0.15, 0.2) is 0 Å². The molecule has 0 aliphatic heterocycles. The molecule has 0 spiro atoms. The van der Waals surface area contributed by atoms with Crippen molar-refractivity contribution in [2.75, 3.05) is 0 Å². The van der Waals surface area contributed by atoms with Crippen LogP contribution in [0.15, 0.2) is 0 Å². The monoisotopic (exact) mass is 124 g/mol. The van der Waals surface area contributed by atoms with Gasteiger partial charge in [0.05, 0.1) is 11.5 Å². The Morgan fingerprint density at radius 3 is 2.67 bits per heavy atom. The van der Waals surface area contributed by atoms with Crippen LogP contribution in [0.1, 0.15) is 26.2 Å². The van der Waals surface area contributed by atoms with Gasteiger partial charge in [-0.2, -0.15) is 5.26 Å². The van der Waals surface area contributed by atoms with Crippen LogP contribution in [0.5, 0.6) is 0 Å². The standard InChI is InChI=1S/C7H12N2/c1-7(5-8)4-2-3-6(7)9/h6H,2-4,9H2,1H3/t6-,7-/m0/s1. The molecule has 2 heteroatoms. The highest BCUT2D eigenvalue weighted by atomic mass is 14.7. The molecule has 0 aromatic carbocycles. The number of nitrogens with two attached hydrogens (primary N) is 1. The van der Waals surface area contributed by atoms with Crippen molar-refractivity contribution in [3.05, 3.63) is 0 Å². The zero-order chi connectivity index (χ0) is 6.91. The SMILES string of the molecule is C[C@@]1(C#N)CCC[C@@H]1N. The maximum Gasteiger partial charge on any atom is 0.0703 e. The van der Waals surface area contributed by atoms with Gasteiger partial charge in [0.2, 0.25) is 0 Å². The molecule has 0 amide bonds. The second-order valence-electron chi connectivity index (χ2n) is 3.03. The largest absolute Gasteiger partial charge is 0.326 e. The lowest BCUT2D eigenvalue weighted by molar-refractivity contribution is 0.402. The van der Waals surface area contributed by atoms with Gasteiger partial charge in [-0.15, -0.1) is 0 Å². The molecule has 0 bridgehead atoms. The van der Waals surface area contributed by atoms with Gasteiger partial charge in [-0.05, 0) is 19.8 Å². The number of nitriles is 1. The molecule has 9 heavy (non-hydrogen) atoms. The van der Waals surface area contributed by atoms with Crippen LogP contribution in [-0.2, 0) is 0 Å². The lowest BCUT2D eigenvalue weighted by Crippen LogP contribution is -2.32. The molecular formula is C7H12N2. The molecule has 1 aliphatic rings. The Morgan fingerprint density at radius 2 is 2.44 bits per heavy atom. The molecule has 0 radical (unpaired) electrons. The lowest BCUT2D eigenvalue weighted by Gasteiger charge is -2.18. The smallest absolute Gasteiger partial charge is 0.0703 e. The Balaban J connectivity index is 2.70. The van der Waals surface area contributed by atoms with Gasteiger partial charge in [-0.1, -0.05) is 6.42 Å². The highest BCUT2D eigenvalue weighted by Crippen LogP contribution is 2.35. The first-order chi connectivity index (χ1) is 4.19. The molecule has 0 aromatic rings. The first-order valence-electron chi connectivity index (χ1n) is 3.36. The minimum atomic E-state index is -0.222. The van der Waals surface area contributed by atoms with Crippen LogP contribution in [0.25, 0.3) is 0 Å². The van der Waals surface area contributed by atoms with Crippen LogP contribution in [0.4, 0.5) is 0 Å². The third kappa shape index (κ3) is 0.927. The normalized spacial score (nSPS) is 42.6. The summed E-state index contributed by atoms with van der Waals surface area (Å²) in [6.45, 7) is 1.95. The second kappa shape index (κ2) is 2.00. The number of nitrogens with zero attached hydrogens (tertiary/aromatic N) is 1. The van der Waals surface area contributed by atoms with Crippen molar-refractivity contribution in [3.8, 4) is 6.07 Å². The van der Waals surface area contributed by atoms with E-state index in [4.69, 9.17) is 11.0 Å². The minimum Gasteiger partial charge on any atom is -0.326 e. The number of hydrogen-bond acceptors (Lipinski definition) is 2. The molecule has 1 fully saturated rings. The second-order valence-corrected chi connectivity index (χ2v) is 3.03. The first-order valence-corrected chi connectivity index (χ1v) is 3.36. The third-order valence-electron chi connectivity index (χ3n) is 2.29. The Bertz CT molecular complexity index is 147. The Hall–Kier alpha value is -0.550. The van der Waals surface area contributed by atoms with Gasteiger partial charge < -0.3 is 5.73 Å². The molecule has 2 atom stereocenters. The van der Waals surface area contributed by atoms with E-state index in [0.717, 1.165) is 19.3 Å². The van der Waals surface area contributed by atoms with Crippen molar-refractivity contribution in [1.29, 1.82) is 5.26 Å². The van der Waals surface area contributed by atoms with E-state index in [0.29, 0.717) is 0 Å². The number of rotatable bonds is 0. The summed E-state index contributed by atoms with van der Waals surface area (Å²) in [5.74, 6) is 0. The topological polar surface area (TPSA) is 49.8 Å². The summed E-state index contributed by atoms with van der Waals surface area (Å²) in [6, 6.07) is 2.38. The van der Waals surface area contributed by atoms with Gasteiger partial charge in [0.1, 0.15) is 0 Å². The van der Waals surface area contributed by atoms with Crippen molar-refractivity contribution in [2.24, 2.45) is 11.1 Å². The number of hydrogen-bond donors (Lipinski definition) is 1. The molecule has 0 heterocycles. The highest BCUT2D eigenvalue weighted by Gasteiger charge is 2.36. The van der Waals surface area contributed by atoms with Gasteiger partial charge in [-0.25, -0.2) is 0 Å². The van der Waals surface area contributed by atoms with E-state index in [2.05, 4.69) is 6.07 Å². The van der Waals surface area contributed by atoms with E-state index >= 15 is 0 Å². The van der Waals surface area contributed by atoms with E-state index in [-0.39, 0.29) is 11.5 Å². The van der Waals surface area contributed by atoms with Crippen LogP contribution < -0.4 is 5.73 Å². The molecule has 0 unspecified atom stereocenters.